The number of nitrogens with two attached hydrogens (primary N) is 1. The molecule has 1 atom stereocenters. The normalized spacial score (nSPS) is 13.1. The van der Waals surface area contributed by atoms with Crippen molar-refractivity contribution in [2.45, 2.75) is 25.1 Å². The van der Waals surface area contributed by atoms with Crippen LogP contribution in [0.15, 0.2) is 48.8 Å². The molecule has 0 aliphatic rings. The number of halogens is 3. The van der Waals surface area contributed by atoms with Crippen molar-refractivity contribution in [2.75, 3.05) is 0 Å². The van der Waals surface area contributed by atoms with Crippen molar-refractivity contribution >= 4 is 0 Å². The second kappa shape index (κ2) is 6.69. The second-order valence-electron chi connectivity index (χ2n) is 4.83. The molecule has 1 aromatic heterocycles. The first kappa shape index (κ1) is 15.5. The van der Waals surface area contributed by atoms with E-state index >= 15 is 0 Å². The predicted octanol–water partition coefficient (Wildman–Crippen LogP) is 2.72. The zero-order valence-corrected chi connectivity index (χ0v) is 11.3. The van der Waals surface area contributed by atoms with E-state index in [9.17, 15) is 13.2 Å². The fraction of sp³-hybridized carbons (Fsp3) is 0.267. The van der Waals surface area contributed by atoms with Crippen molar-refractivity contribution in [1.29, 1.82) is 0 Å². The lowest BCUT2D eigenvalue weighted by atomic mass is 9.99. The van der Waals surface area contributed by atoms with Gasteiger partial charge in [-0.25, -0.2) is 0 Å². The van der Waals surface area contributed by atoms with E-state index in [2.05, 4.69) is 10.4 Å². The molecule has 0 aliphatic carbocycles. The maximum atomic E-state index is 12.7. The molecule has 112 valence electrons. The van der Waals surface area contributed by atoms with Crippen LogP contribution in [0, 0.1) is 0 Å². The Morgan fingerprint density at radius 2 is 1.71 bits per heavy atom. The highest BCUT2D eigenvalue weighted by Gasteiger charge is 2.30. The van der Waals surface area contributed by atoms with E-state index in [1.54, 1.807) is 18.5 Å². The maximum Gasteiger partial charge on any atom is 0.416 e. The number of hydrogen-bond acceptors (Lipinski definition) is 3. The molecule has 0 saturated carbocycles. The number of hydrazine groups is 1. The van der Waals surface area contributed by atoms with Gasteiger partial charge in [0.05, 0.1) is 5.56 Å². The number of alkyl halides is 3. The lowest BCUT2D eigenvalue weighted by Crippen LogP contribution is -2.38. The molecule has 3 nitrogen and oxygen atoms in total. The van der Waals surface area contributed by atoms with Gasteiger partial charge in [0.15, 0.2) is 0 Å². The van der Waals surface area contributed by atoms with Crippen LogP contribution in [0.1, 0.15) is 16.7 Å². The molecule has 1 unspecified atom stereocenters. The Labute approximate surface area is 121 Å². The number of benzene rings is 1. The Bertz CT molecular complexity index is 570. The molecular formula is C15H16F3N3. The monoisotopic (exact) mass is 295 g/mol. The SMILES string of the molecule is NNC(Cc1ccncc1)Cc1cccc(C(F)(F)F)c1. The van der Waals surface area contributed by atoms with Gasteiger partial charge in [-0.3, -0.25) is 16.3 Å². The van der Waals surface area contributed by atoms with Gasteiger partial charge in [0, 0.05) is 18.4 Å². The first-order chi connectivity index (χ1) is 9.99. The summed E-state index contributed by atoms with van der Waals surface area (Å²) < 4.78 is 38.1. The fourth-order valence-electron chi connectivity index (χ4n) is 2.15. The lowest BCUT2D eigenvalue weighted by Gasteiger charge is -2.17. The molecule has 0 aliphatic heterocycles. The van der Waals surface area contributed by atoms with Gasteiger partial charge in [0.1, 0.15) is 0 Å². The molecule has 0 amide bonds. The summed E-state index contributed by atoms with van der Waals surface area (Å²) in [6, 6.07) is 8.89. The Morgan fingerprint density at radius 3 is 2.33 bits per heavy atom. The van der Waals surface area contributed by atoms with Crippen molar-refractivity contribution < 1.29 is 13.2 Å². The van der Waals surface area contributed by atoms with Crippen LogP contribution in [-0.2, 0) is 19.0 Å². The first-order valence-corrected chi connectivity index (χ1v) is 6.50. The summed E-state index contributed by atoms with van der Waals surface area (Å²) in [5.41, 5.74) is 3.64. The summed E-state index contributed by atoms with van der Waals surface area (Å²) in [7, 11) is 0. The quantitative estimate of drug-likeness (QED) is 0.659. The Morgan fingerprint density at radius 1 is 1.05 bits per heavy atom. The van der Waals surface area contributed by atoms with Crippen LogP contribution in [0.25, 0.3) is 0 Å². The second-order valence-corrected chi connectivity index (χ2v) is 4.83. The molecule has 0 bridgehead atoms. The molecule has 0 fully saturated rings. The number of rotatable bonds is 5. The fourth-order valence-corrected chi connectivity index (χ4v) is 2.15. The molecule has 1 heterocycles. The average molecular weight is 295 g/mol. The zero-order valence-electron chi connectivity index (χ0n) is 11.3. The maximum absolute atomic E-state index is 12.7. The van der Waals surface area contributed by atoms with Crippen LogP contribution in [0.5, 0.6) is 0 Å². The largest absolute Gasteiger partial charge is 0.416 e. The summed E-state index contributed by atoms with van der Waals surface area (Å²) in [5.74, 6) is 5.50. The van der Waals surface area contributed by atoms with E-state index in [-0.39, 0.29) is 6.04 Å². The molecule has 2 aromatic rings. The smallest absolute Gasteiger partial charge is 0.271 e. The van der Waals surface area contributed by atoms with Crippen molar-refractivity contribution in [3.05, 3.63) is 65.5 Å². The van der Waals surface area contributed by atoms with Crippen LogP contribution in [0.4, 0.5) is 13.2 Å². The Hall–Kier alpha value is -1.92. The molecule has 1 aromatic carbocycles. The highest BCUT2D eigenvalue weighted by atomic mass is 19.4. The third-order valence-corrected chi connectivity index (χ3v) is 3.20. The summed E-state index contributed by atoms with van der Waals surface area (Å²) in [5, 5.41) is 0. The summed E-state index contributed by atoms with van der Waals surface area (Å²) in [4.78, 5) is 3.92. The molecular weight excluding hydrogens is 279 g/mol. The van der Waals surface area contributed by atoms with Crippen LogP contribution in [0.2, 0.25) is 0 Å². The minimum absolute atomic E-state index is 0.143. The van der Waals surface area contributed by atoms with E-state index in [1.807, 2.05) is 12.1 Å². The van der Waals surface area contributed by atoms with Crippen molar-refractivity contribution in [3.8, 4) is 0 Å². The standard InChI is InChI=1S/C15H16F3N3/c16-15(17,18)13-3-1-2-12(8-13)10-14(21-19)9-11-4-6-20-7-5-11/h1-8,14,21H,9-10,19H2. The van der Waals surface area contributed by atoms with Crippen molar-refractivity contribution in [2.24, 2.45) is 5.84 Å². The molecule has 21 heavy (non-hydrogen) atoms. The lowest BCUT2D eigenvalue weighted by molar-refractivity contribution is -0.137. The van der Waals surface area contributed by atoms with E-state index < -0.39 is 11.7 Å². The highest BCUT2D eigenvalue weighted by molar-refractivity contribution is 5.26. The number of hydrogen-bond donors (Lipinski definition) is 2. The first-order valence-electron chi connectivity index (χ1n) is 6.50. The third kappa shape index (κ3) is 4.54. The summed E-state index contributed by atoms with van der Waals surface area (Å²) in [6.07, 6.45) is 0.0606. The topological polar surface area (TPSA) is 50.9 Å². The molecule has 0 radical (unpaired) electrons. The highest BCUT2D eigenvalue weighted by Crippen LogP contribution is 2.29. The average Bonchev–Trinajstić information content (AvgIpc) is 2.47. The number of nitrogens with one attached hydrogen (secondary N) is 1. The molecule has 2 rings (SSSR count). The van der Waals surface area contributed by atoms with Crippen molar-refractivity contribution in [3.63, 3.8) is 0 Å². The Kier molecular flexibility index (Phi) is 4.93. The van der Waals surface area contributed by atoms with Crippen LogP contribution >= 0.6 is 0 Å². The van der Waals surface area contributed by atoms with Crippen LogP contribution in [-0.4, -0.2) is 11.0 Å². The molecule has 3 N–H and O–H groups in total. The van der Waals surface area contributed by atoms with Crippen LogP contribution in [0.3, 0.4) is 0 Å². The van der Waals surface area contributed by atoms with Gasteiger partial charge in [-0.1, -0.05) is 18.2 Å². The number of pyridine rings is 1. The Balaban J connectivity index is 2.08. The van der Waals surface area contributed by atoms with Gasteiger partial charge >= 0.3 is 6.18 Å². The molecule has 6 heteroatoms. The predicted molar refractivity (Wildman–Crippen MR) is 74.2 cm³/mol. The van der Waals surface area contributed by atoms with Crippen LogP contribution < -0.4 is 11.3 Å². The van der Waals surface area contributed by atoms with Gasteiger partial charge in [-0.15, -0.1) is 0 Å². The minimum atomic E-state index is -4.33. The van der Waals surface area contributed by atoms with E-state index in [4.69, 9.17) is 5.84 Å². The third-order valence-electron chi connectivity index (χ3n) is 3.20. The van der Waals surface area contributed by atoms with E-state index in [0.717, 1.165) is 17.7 Å². The number of aromatic nitrogens is 1. The molecule has 0 saturated heterocycles. The van der Waals surface area contributed by atoms with Gasteiger partial charge < -0.3 is 0 Å². The van der Waals surface area contributed by atoms with Gasteiger partial charge in [0.25, 0.3) is 0 Å². The molecule has 0 spiro atoms. The summed E-state index contributed by atoms with van der Waals surface area (Å²) >= 11 is 0. The van der Waals surface area contributed by atoms with Gasteiger partial charge in [-0.05, 0) is 42.2 Å². The number of nitrogens with zero attached hydrogens (tertiary/aromatic N) is 1. The summed E-state index contributed by atoms with van der Waals surface area (Å²) in [6.45, 7) is 0. The van der Waals surface area contributed by atoms with Gasteiger partial charge in [0.2, 0.25) is 0 Å². The van der Waals surface area contributed by atoms with Gasteiger partial charge in [-0.2, -0.15) is 13.2 Å². The van der Waals surface area contributed by atoms with E-state index in [0.29, 0.717) is 18.4 Å². The minimum Gasteiger partial charge on any atom is -0.271 e. The zero-order chi connectivity index (χ0) is 15.3. The van der Waals surface area contributed by atoms with Crippen molar-refractivity contribution in [1.82, 2.24) is 10.4 Å². The van der Waals surface area contributed by atoms with E-state index in [1.165, 1.54) is 6.07 Å².